The van der Waals surface area contributed by atoms with Crippen LogP contribution in [0.3, 0.4) is 0 Å². The molecule has 0 atom stereocenters. The molecule has 39 heavy (non-hydrogen) atoms. The summed E-state index contributed by atoms with van der Waals surface area (Å²) in [5.41, 5.74) is 2.03. The van der Waals surface area contributed by atoms with Gasteiger partial charge in [0.05, 0.1) is 11.5 Å². The molecule has 0 aliphatic carbocycles. The maximum absolute atomic E-state index is 12.3. The van der Waals surface area contributed by atoms with Crippen LogP contribution in [0.15, 0.2) is 90.4 Å². The van der Waals surface area contributed by atoms with Gasteiger partial charge in [0.2, 0.25) is 11.8 Å². The molecule has 4 aromatic rings. The van der Waals surface area contributed by atoms with Gasteiger partial charge in [-0.15, -0.1) is 0 Å². The Morgan fingerprint density at radius 1 is 0.692 bits per heavy atom. The lowest BCUT2D eigenvalue weighted by atomic mass is 10.3. The highest BCUT2D eigenvalue weighted by atomic mass is 32.2. The minimum Gasteiger partial charge on any atom is -0.325 e. The van der Waals surface area contributed by atoms with Gasteiger partial charge in [-0.1, -0.05) is 35.3 Å². The number of nitrogens with zero attached hydrogens (tertiary/aromatic N) is 2. The van der Waals surface area contributed by atoms with E-state index < -0.39 is 0 Å². The molecule has 13 heteroatoms. The monoisotopic (exact) mass is 580 g/mol. The summed E-state index contributed by atoms with van der Waals surface area (Å²) in [7, 11) is 0. The Morgan fingerprint density at radius 2 is 1.08 bits per heavy atom. The first-order valence-electron chi connectivity index (χ1n) is 11.6. The molecule has 4 rings (SSSR count). The predicted molar refractivity (Wildman–Crippen MR) is 155 cm³/mol. The lowest BCUT2D eigenvalue weighted by Crippen LogP contribution is -2.15. The van der Waals surface area contributed by atoms with Crippen molar-refractivity contribution < 1.29 is 9.59 Å². The highest BCUT2D eigenvalue weighted by molar-refractivity contribution is 8.00. The van der Waals surface area contributed by atoms with Crippen molar-refractivity contribution in [3.63, 3.8) is 0 Å². The number of hydrogen-bond acceptors (Lipinski definition) is 9. The average Bonchev–Trinajstić information content (AvgIpc) is 2.88. The first-order chi connectivity index (χ1) is 18.7. The van der Waals surface area contributed by atoms with E-state index in [-0.39, 0.29) is 34.4 Å². The maximum atomic E-state index is 12.3. The molecular weight excluding hydrogens is 557 g/mol. The van der Waals surface area contributed by atoms with E-state index in [0.717, 1.165) is 33.3 Å². The predicted octanol–water partition coefficient (Wildman–Crippen LogP) is 4.08. The first-order valence-corrected chi connectivity index (χ1v) is 14.4. The van der Waals surface area contributed by atoms with Crippen LogP contribution in [0.4, 0.5) is 11.4 Å². The summed E-state index contributed by atoms with van der Waals surface area (Å²) in [6.45, 7) is 3.45. The number of hydrogen-bond donors (Lipinski definition) is 4. The van der Waals surface area contributed by atoms with E-state index >= 15 is 0 Å². The zero-order valence-corrected chi connectivity index (χ0v) is 23.4. The molecule has 0 bridgehead atoms. The van der Waals surface area contributed by atoms with Gasteiger partial charge in [0.1, 0.15) is 0 Å². The normalized spacial score (nSPS) is 10.7. The van der Waals surface area contributed by atoms with Crippen molar-refractivity contribution in [3.8, 4) is 0 Å². The quantitative estimate of drug-likeness (QED) is 0.161. The molecule has 0 aliphatic heterocycles. The van der Waals surface area contributed by atoms with Crippen molar-refractivity contribution in [1.82, 2.24) is 19.9 Å². The Labute approximate surface area is 236 Å². The fourth-order valence-electron chi connectivity index (χ4n) is 3.25. The number of carbonyl (C=O) groups is 2. The van der Waals surface area contributed by atoms with Gasteiger partial charge in [-0.3, -0.25) is 19.2 Å². The second-order valence-electron chi connectivity index (χ2n) is 8.21. The van der Waals surface area contributed by atoms with Crippen molar-refractivity contribution in [2.75, 3.05) is 22.1 Å². The molecule has 0 unspecified atom stereocenters. The fourth-order valence-corrected chi connectivity index (χ4v) is 5.51. The number of carbonyl (C=O) groups excluding carboxylic acids is 2. The van der Waals surface area contributed by atoms with E-state index in [9.17, 15) is 19.2 Å². The molecule has 0 fully saturated rings. The molecule has 4 N–H and O–H groups in total. The minimum atomic E-state index is -0.247. The molecule has 0 radical (unpaired) electrons. The topological polar surface area (TPSA) is 150 Å². The number of H-pyrrole nitrogens is 2. The Kier molecular flexibility index (Phi) is 9.63. The number of nitrogens with one attached hydrogen (secondary N) is 4. The van der Waals surface area contributed by atoms with Crippen molar-refractivity contribution in [2.45, 2.75) is 34.0 Å². The van der Waals surface area contributed by atoms with Gasteiger partial charge in [0.25, 0.3) is 11.1 Å². The summed E-state index contributed by atoms with van der Waals surface area (Å²) < 4.78 is 0. The number of aryl methyl sites for hydroxylation is 2. The van der Waals surface area contributed by atoms with Gasteiger partial charge in [0.15, 0.2) is 10.3 Å². The summed E-state index contributed by atoms with van der Waals surface area (Å²) in [5.74, 6) is -0.173. The lowest BCUT2D eigenvalue weighted by molar-refractivity contribution is -0.114. The summed E-state index contributed by atoms with van der Waals surface area (Å²) >= 11 is 3.87. The summed E-state index contributed by atoms with van der Waals surface area (Å²) in [6, 6.07) is 17.7. The molecule has 2 heterocycles. The zero-order valence-electron chi connectivity index (χ0n) is 20.9. The SMILES string of the molecule is Cc1cc(=O)[nH]c(SCC(=O)Nc2ccc(Sc3ccc(NC(=O)CSc4nc(C)cc(=O)[nH]4)cc3)cc2)n1. The van der Waals surface area contributed by atoms with Crippen LogP contribution >= 0.6 is 35.3 Å². The summed E-state index contributed by atoms with van der Waals surface area (Å²) in [5, 5.41) is 6.48. The number of aromatic amines is 2. The van der Waals surface area contributed by atoms with Crippen molar-refractivity contribution in [2.24, 2.45) is 0 Å². The molecule has 0 saturated carbocycles. The third-order valence-corrected chi connectivity index (χ3v) is 7.65. The van der Waals surface area contributed by atoms with Crippen LogP contribution in [-0.2, 0) is 9.59 Å². The number of thioether (sulfide) groups is 2. The van der Waals surface area contributed by atoms with Gasteiger partial charge >= 0.3 is 0 Å². The van der Waals surface area contributed by atoms with Crippen LogP contribution in [-0.4, -0.2) is 43.3 Å². The molecule has 2 amide bonds. The van der Waals surface area contributed by atoms with E-state index in [1.54, 1.807) is 25.6 Å². The second-order valence-corrected chi connectivity index (χ2v) is 11.3. The Balaban J connectivity index is 1.23. The smallest absolute Gasteiger partial charge is 0.251 e. The van der Waals surface area contributed by atoms with Crippen LogP contribution in [0.5, 0.6) is 0 Å². The molecule has 10 nitrogen and oxygen atoms in total. The molecule has 0 spiro atoms. The van der Waals surface area contributed by atoms with Crippen molar-refractivity contribution >= 4 is 58.5 Å². The number of benzene rings is 2. The lowest BCUT2D eigenvalue weighted by Gasteiger charge is -2.08. The maximum Gasteiger partial charge on any atom is 0.251 e. The van der Waals surface area contributed by atoms with Crippen LogP contribution in [0.2, 0.25) is 0 Å². The summed E-state index contributed by atoms with van der Waals surface area (Å²) in [4.78, 5) is 63.2. The third-order valence-electron chi connectivity index (χ3n) is 4.89. The van der Waals surface area contributed by atoms with E-state index in [2.05, 4.69) is 30.6 Å². The van der Waals surface area contributed by atoms with Crippen LogP contribution in [0, 0.1) is 13.8 Å². The number of rotatable bonds is 10. The fraction of sp³-hybridized carbons (Fsp3) is 0.154. The standard InChI is InChI=1S/C26H24N6O4S3/c1-15-11-21(33)31-25(27-15)37-13-23(35)29-17-3-7-19(8-4-17)39-20-9-5-18(6-10-20)30-24(36)14-38-26-28-16(2)12-22(34)32-26/h3-12H,13-14H2,1-2H3,(H,29,35)(H,30,36)(H,27,31,33)(H,28,32,34). The highest BCUT2D eigenvalue weighted by Crippen LogP contribution is 2.29. The molecule has 0 saturated heterocycles. The molecule has 200 valence electrons. The second kappa shape index (κ2) is 13.3. The molecular formula is C26H24N6O4S3. The Hall–Kier alpha value is -3.81. The molecule has 2 aromatic carbocycles. The van der Waals surface area contributed by atoms with Crippen LogP contribution < -0.4 is 21.8 Å². The minimum absolute atomic E-state index is 0.118. The van der Waals surface area contributed by atoms with E-state index in [1.807, 2.05) is 48.5 Å². The van der Waals surface area contributed by atoms with E-state index in [4.69, 9.17) is 0 Å². The average molecular weight is 581 g/mol. The van der Waals surface area contributed by atoms with Crippen molar-refractivity contribution in [3.05, 3.63) is 92.8 Å². The number of amides is 2. The van der Waals surface area contributed by atoms with E-state index in [1.165, 1.54) is 12.1 Å². The largest absolute Gasteiger partial charge is 0.325 e. The van der Waals surface area contributed by atoms with Crippen LogP contribution in [0.1, 0.15) is 11.4 Å². The van der Waals surface area contributed by atoms with E-state index in [0.29, 0.717) is 33.1 Å². The molecule has 2 aromatic heterocycles. The Bertz CT molecular complexity index is 1470. The third kappa shape index (κ3) is 9.16. The zero-order chi connectivity index (χ0) is 27.8. The van der Waals surface area contributed by atoms with Gasteiger partial charge in [-0.25, -0.2) is 9.97 Å². The highest BCUT2D eigenvalue weighted by Gasteiger charge is 2.08. The Morgan fingerprint density at radius 3 is 1.44 bits per heavy atom. The van der Waals surface area contributed by atoms with Crippen LogP contribution in [0.25, 0.3) is 0 Å². The number of anilines is 2. The first kappa shape index (κ1) is 28.2. The van der Waals surface area contributed by atoms with Gasteiger partial charge in [0, 0.05) is 44.7 Å². The van der Waals surface area contributed by atoms with Crippen molar-refractivity contribution in [1.29, 1.82) is 0 Å². The van der Waals surface area contributed by atoms with Gasteiger partial charge < -0.3 is 20.6 Å². The summed E-state index contributed by atoms with van der Waals surface area (Å²) in [6.07, 6.45) is 0. The van der Waals surface area contributed by atoms with Gasteiger partial charge in [-0.2, -0.15) is 0 Å². The number of aromatic nitrogens is 4. The van der Waals surface area contributed by atoms with Gasteiger partial charge in [-0.05, 0) is 62.4 Å². The molecule has 0 aliphatic rings.